The van der Waals surface area contributed by atoms with Gasteiger partial charge in [0.05, 0.1) is 6.61 Å². The van der Waals surface area contributed by atoms with Crippen molar-refractivity contribution in [3.63, 3.8) is 0 Å². The number of aliphatic hydroxyl groups excluding tert-OH is 1. The summed E-state index contributed by atoms with van der Waals surface area (Å²) >= 11 is 1.84. The Morgan fingerprint density at radius 2 is 1.72 bits per heavy atom. The first kappa shape index (κ1) is 13.2. The molecule has 0 fully saturated rings. The van der Waals surface area contributed by atoms with Crippen LogP contribution in [0.1, 0.15) is 22.3 Å². The SMILES string of the molecule is Cc1cc(SCc2ccccc2C)ccc1CO. The summed E-state index contributed by atoms with van der Waals surface area (Å²) in [6, 6.07) is 14.7. The third-order valence-electron chi connectivity index (χ3n) is 3.14. The van der Waals surface area contributed by atoms with Crippen molar-refractivity contribution in [3.05, 3.63) is 64.7 Å². The summed E-state index contributed by atoms with van der Waals surface area (Å²) in [5.74, 6) is 0.991. The predicted octanol–water partition coefficient (Wildman–Crippen LogP) is 4.09. The summed E-state index contributed by atoms with van der Waals surface area (Å²) in [6.45, 7) is 4.31. The lowest BCUT2D eigenvalue weighted by atomic mass is 10.1. The van der Waals surface area contributed by atoms with E-state index in [0.29, 0.717) is 0 Å². The van der Waals surface area contributed by atoms with Gasteiger partial charge in [-0.1, -0.05) is 30.3 Å². The first-order valence-corrected chi connectivity index (χ1v) is 7.07. The Hall–Kier alpha value is -1.25. The lowest BCUT2D eigenvalue weighted by molar-refractivity contribution is 0.281. The van der Waals surface area contributed by atoms with Crippen LogP contribution >= 0.6 is 11.8 Å². The molecule has 0 saturated heterocycles. The Bertz CT molecular complexity index is 534. The molecule has 1 nitrogen and oxygen atoms in total. The molecule has 1 N–H and O–H groups in total. The first-order valence-electron chi connectivity index (χ1n) is 6.08. The molecule has 2 rings (SSSR count). The van der Waals surface area contributed by atoms with Gasteiger partial charge in [-0.15, -0.1) is 11.8 Å². The largest absolute Gasteiger partial charge is 0.392 e. The molecule has 0 unspecified atom stereocenters. The van der Waals surface area contributed by atoms with Crippen LogP contribution in [0.3, 0.4) is 0 Å². The molecule has 0 spiro atoms. The maximum Gasteiger partial charge on any atom is 0.0684 e. The van der Waals surface area contributed by atoms with Gasteiger partial charge in [-0.05, 0) is 48.2 Å². The van der Waals surface area contributed by atoms with Crippen LogP contribution in [0, 0.1) is 13.8 Å². The zero-order valence-corrected chi connectivity index (χ0v) is 11.6. The van der Waals surface area contributed by atoms with E-state index in [0.717, 1.165) is 16.9 Å². The Kier molecular flexibility index (Phi) is 4.45. The lowest BCUT2D eigenvalue weighted by Gasteiger charge is -2.08. The molecule has 0 bridgehead atoms. The second kappa shape index (κ2) is 6.07. The van der Waals surface area contributed by atoms with Gasteiger partial charge in [-0.25, -0.2) is 0 Å². The third kappa shape index (κ3) is 3.15. The van der Waals surface area contributed by atoms with Gasteiger partial charge >= 0.3 is 0 Å². The van der Waals surface area contributed by atoms with Gasteiger partial charge in [0.15, 0.2) is 0 Å². The number of hydrogen-bond acceptors (Lipinski definition) is 2. The molecule has 18 heavy (non-hydrogen) atoms. The van der Waals surface area contributed by atoms with E-state index >= 15 is 0 Å². The number of benzene rings is 2. The van der Waals surface area contributed by atoms with E-state index in [1.165, 1.54) is 16.0 Å². The van der Waals surface area contributed by atoms with Gasteiger partial charge in [0, 0.05) is 10.6 Å². The minimum absolute atomic E-state index is 0.120. The molecule has 0 aliphatic carbocycles. The van der Waals surface area contributed by atoms with E-state index in [2.05, 4.69) is 43.3 Å². The van der Waals surface area contributed by atoms with Crippen LogP contribution in [0.4, 0.5) is 0 Å². The number of aliphatic hydroxyl groups is 1. The summed E-state index contributed by atoms with van der Waals surface area (Å²) in [7, 11) is 0. The Labute approximate surface area is 113 Å². The minimum Gasteiger partial charge on any atom is -0.392 e. The van der Waals surface area contributed by atoms with Crippen LogP contribution in [0.15, 0.2) is 47.4 Å². The Morgan fingerprint density at radius 1 is 0.944 bits per heavy atom. The van der Waals surface area contributed by atoms with Gasteiger partial charge in [0.25, 0.3) is 0 Å². The predicted molar refractivity (Wildman–Crippen MR) is 77.8 cm³/mol. The second-order valence-electron chi connectivity index (χ2n) is 4.46. The van der Waals surface area contributed by atoms with Crippen LogP contribution in [-0.2, 0) is 12.4 Å². The lowest BCUT2D eigenvalue weighted by Crippen LogP contribution is -1.89. The maximum absolute atomic E-state index is 9.15. The van der Waals surface area contributed by atoms with Crippen molar-refractivity contribution in [2.45, 2.75) is 31.1 Å². The smallest absolute Gasteiger partial charge is 0.0684 e. The van der Waals surface area contributed by atoms with Gasteiger partial charge in [0.2, 0.25) is 0 Å². The average molecular weight is 258 g/mol. The molecule has 0 atom stereocenters. The number of aryl methyl sites for hydroxylation is 2. The molecule has 2 aromatic carbocycles. The van der Waals surface area contributed by atoms with E-state index in [-0.39, 0.29) is 6.61 Å². The van der Waals surface area contributed by atoms with E-state index < -0.39 is 0 Å². The fraction of sp³-hybridized carbons (Fsp3) is 0.250. The van der Waals surface area contributed by atoms with Crippen LogP contribution < -0.4 is 0 Å². The van der Waals surface area contributed by atoms with E-state index in [4.69, 9.17) is 5.11 Å². The van der Waals surface area contributed by atoms with Crippen molar-refractivity contribution in [3.8, 4) is 0 Å². The first-order chi connectivity index (χ1) is 8.70. The van der Waals surface area contributed by atoms with Gasteiger partial charge in [-0.2, -0.15) is 0 Å². The Morgan fingerprint density at radius 3 is 2.39 bits per heavy atom. The van der Waals surface area contributed by atoms with Crippen LogP contribution in [0.5, 0.6) is 0 Å². The highest BCUT2D eigenvalue weighted by Crippen LogP contribution is 2.26. The van der Waals surface area contributed by atoms with Crippen LogP contribution in [0.2, 0.25) is 0 Å². The highest BCUT2D eigenvalue weighted by molar-refractivity contribution is 7.98. The zero-order chi connectivity index (χ0) is 13.0. The Balaban J connectivity index is 2.07. The van der Waals surface area contributed by atoms with E-state index in [1.807, 2.05) is 24.8 Å². The third-order valence-corrected chi connectivity index (χ3v) is 4.18. The maximum atomic E-state index is 9.15. The minimum atomic E-state index is 0.120. The van der Waals surface area contributed by atoms with Gasteiger partial charge in [-0.3, -0.25) is 0 Å². The molecule has 0 radical (unpaired) electrons. The summed E-state index contributed by atoms with van der Waals surface area (Å²) in [6.07, 6.45) is 0. The molecule has 0 aliphatic heterocycles. The molecule has 0 heterocycles. The number of rotatable bonds is 4. The van der Waals surface area contributed by atoms with Crippen molar-refractivity contribution in [2.24, 2.45) is 0 Å². The molecule has 2 heteroatoms. The molecular formula is C16H18OS. The average Bonchev–Trinajstić information content (AvgIpc) is 2.38. The summed E-state index contributed by atoms with van der Waals surface area (Å²) in [4.78, 5) is 1.26. The normalized spacial score (nSPS) is 10.6. The van der Waals surface area contributed by atoms with Crippen molar-refractivity contribution in [2.75, 3.05) is 0 Å². The molecule has 0 aromatic heterocycles. The molecular weight excluding hydrogens is 240 g/mol. The van der Waals surface area contributed by atoms with Gasteiger partial charge in [0.1, 0.15) is 0 Å². The van der Waals surface area contributed by atoms with Crippen molar-refractivity contribution in [1.82, 2.24) is 0 Å². The second-order valence-corrected chi connectivity index (χ2v) is 5.51. The molecule has 94 valence electrons. The number of hydrogen-bond donors (Lipinski definition) is 1. The summed E-state index contributed by atoms with van der Waals surface area (Å²) < 4.78 is 0. The summed E-state index contributed by atoms with van der Waals surface area (Å²) in [5.41, 5.74) is 4.89. The quantitative estimate of drug-likeness (QED) is 0.834. The van der Waals surface area contributed by atoms with E-state index in [1.54, 1.807) is 0 Å². The van der Waals surface area contributed by atoms with Crippen LogP contribution in [0.25, 0.3) is 0 Å². The van der Waals surface area contributed by atoms with Crippen molar-refractivity contribution in [1.29, 1.82) is 0 Å². The molecule has 0 saturated carbocycles. The fourth-order valence-corrected chi connectivity index (χ4v) is 2.94. The topological polar surface area (TPSA) is 20.2 Å². The van der Waals surface area contributed by atoms with Crippen molar-refractivity contribution < 1.29 is 5.11 Å². The van der Waals surface area contributed by atoms with E-state index in [9.17, 15) is 0 Å². The highest BCUT2D eigenvalue weighted by Gasteiger charge is 2.02. The zero-order valence-electron chi connectivity index (χ0n) is 10.8. The fourth-order valence-electron chi connectivity index (χ4n) is 1.87. The summed E-state index contributed by atoms with van der Waals surface area (Å²) in [5, 5.41) is 9.15. The van der Waals surface area contributed by atoms with Crippen LogP contribution in [-0.4, -0.2) is 5.11 Å². The molecule has 0 aliphatic rings. The standard InChI is InChI=1S/C16H18OS/c1-12-5-3-4-6-15(12)11-18-16-8-7-14(10-17)13(2)9-16/h3-9,17H,10-11H2,1-2H3. The highest BCUT2D eigenvalue weighted by atomic mass is 32.2. The monoisotopic (exact) mass is 258 g/mol. The van der Waals surface area contributed by atoms with Crippen molar-refractivity contribution >= 4 is 11.8 Å². The molecule has 2 aromatic rings. The van der Waals surface area contributed by atoms with Gasteiger partial charge < -0.3 is 5.11 Å². The molecule has 0 amide bonds. The number of thioether (sulfide) groups is 1.